The van der Waals surface area contributed by atoms with Gasteiger partial charge in [-0.25, -0.2) is 9.18 Å². The second-order valence-electron chi connectivity index (χ2n) is 3.75. The van der Waals surface area contributed by atoms with Crippen molar-refractivity contribution in [1.29, 1.82) is 0 Å². The summed E-state index contributed by atoms with van der Waals surface area (Å²) in [7, 11) is 0. The minimum absolute atomic E-state index is 0.348. The van der Waals surface area contributed by atoms with Crippen LogP contribution in [0.4, 0.5) is 4.39 Å². The van der Waals surface area contributed by atoms with E-state index < -0.39 is 5.54 Å². The van der Waals surface area contributed by atoms with Crippen LogP contribution in [0.5, 0.6) is 0 Å². The van der Waals surface area contributed by atoms with Crippen LogP contribution in [-0.2, 0) is 10.3 Å². The van der Waals surface area contributed by atoms with Crippen LogP contribution in [0, 0.1) is 12.7 Å². The molecule has 0 radical (unpaired) electrons. The highest BCUT2D eigenvalue weighted by atomic mass is 19.1. The molecular weight excluding hydrogens is 181 g/mol. The predicted molar refractivity (Wildman–Crippen MR) is 52.3 cm³/mol. The van der Waals surface area contributed by atoms with Crippen molar-refractivity contribution < 1.29 is 9.18 Å². The number of halogens is 1. The highest BCUT2D eigenvalue weighted by molar-refractivity contribution is 5.38. The fourth-order valence-corrected chi connectivity index (χ4v) is 1.28. The fourth-order valence-electron chi connectivity index (χ4n) is 1.28. The normalized spacial score (nSPS) is 10.9. The molecule has 1 aromatic rings. The van der Waals surface area contributed by atoms with Gasteiger partial charge in [0.25, 0.3) is 0 Å². The molecule has 74 valence electrons. The molecule has 0 bridgehead atoms. The molecule has 0 aromatic heterocycles. The Kier molecular flexibility index (Phi) is 2.82. The lowest BCUT2D eigenvalue weighted by Crippen LogP contribution is -2.15. The summed E-state index contributed by atoms with van der Waals surface area (Å²) in [4.78, 5) is 13.8. The van der Waals surface area contributed by atoms with E-state index in [0.29, 0.717) is 5.56 Å². The molecule has 2 nitrogen and oxygen atoms in total. The van der Waals surface area contributed by atoms with Crippen molar-refractivity contribution >= 4 is 6.08 Å². The SMILES string of the molecule is Cc1ccc(F)c(C(C)(C)N=C=O)c1. The number of aryl methyl sites for hydroxylation is 1. The lowest BCUT2D eigenvalue weighted by molar-refractivity contribution is 0.491. The van der Waals surface area contributed by atoms with Crippen LogP contribution in [0.15, 0.2) is 23.2 Å². The smallest absolute Gasteiger partial charge is 0.211 e. The van der Waals surface area contributed by atoms with Gasteiger partial charge < -0.3 is 0 Å². The van der Waals surface area contributed by atoms with Crippen LogP contribution in [0.2, 0.25) is 0 Å². The Hall–Kier alpha value is -1.47. The number of hydrogen-bond donors (Lipinski definition) is 0. The average Bonchev–Trinajstić information content (AvgIpc) is 2.09. The van der Waals surface area contributed by atoms with Crippen LogP contribution in [0.1, 0.15) is 25.0 Å². The van der Waals surface area contributed by atoms with E-state index in [1.807, 2.05) is 6.92 Å². The van der Waals surface area contributed by atoms with E-state index in [1.54, 1.807) is 26.0 Å². The Morgan fingerprint density at radius 1 is 1.43 bits per heavy atom. The van der Waals surface area contributed by atoms with E-state index in [4.69, 9.17) is 0 Å². The zero-order valence-electron chi connectivity index (χ0n) is 8.47. The molecule has 0 aliphatic heterocycles. The van der Waals surface area contributed by atoms with Crippen molar-refractivity contribution in [1.82, 2.24) is 0 Å². The van der Waals surface area contributed by atoms with Gasteiger partial charge in [-0.3, -0.25) is 0 Å². The Balaban J connectivity index is 3.30. The zero-order valence-corrected chi connectivity index (χ0v) is 8.47. The molecule has 0 atom stereocenters. The van der Waals surface area contributed by atoms with E-state index in [2.05, 4.69) is 4.99 Å². The van der Waals surface area contributed by atoms with Gasteiger partial charge in [-0.2, -0.15) is 4.99 Å². The van der Waals surface area contributed by atoms with Crippen LogP contribution in [-0.4, -0.2) is 6.08 Å². The molecule has 0 saturated heterocycles. The first-order valence-corrected chi connectivity index (χ1v) is 4.33. The Labute approximate surface area is 82.5 Å². The molecule has 0 saturated carbocycles. The Morgan fingerprint density at radius 3 is 2.64 bits per heavy atom. The van der Waals surface area contributed by atoms with E-state index >= 15 is 0 Å². The number of isocyanates is 1. The summed E-state index contributed by atoms with van der Waals surface area (Å²) >= 11 is 0. The lowest BCUT2D eigenvalue weighted by Gasteiger charge is -2.18. The quantitative estimate of drug-likeness (QED) is 0.524. The first-order chi connectivity index (χ1) is 6.47. The van der Waals surface area contributed by atoms with E-state index in [-0.39, 0.29) is 5.82 Å². The summed E-state index contributed by atoms with van der Waals surface area (Å²) in [6.45, 7) is 5.22. The molecule has 3 heteroatoms. The Morgan fingerprint density at radius 2 is 2.07 bits per heavy atom. The van der Waals surface area contributed by atoms with Gasteiger partial charge in [0.05, 0.1) is 5.54 Å². The van der Waals surface area contributed by atoms with Crippen molar-refractivity contribution in [2.75, 3.05) is 0 Å². The second kappa shape index (κ2) is 3.72. The molecule has 14 heavy (non-hydrogen) atoms. The summed E-state index contributed by atoms with van der Waals surface area (Å²) in [5, 5.41) is 0. The van der Waals surface area contributed by atoms with Gasteiger partial charge in [0.2, 0.25) is 6.08 Å². The van der Waals surface area contributed by atoms with Crippen molar-refractivity contribution in [3.05, 3.63) is 35.1 Å². The summed E-state index contributed by atoms with van der Waals surface area (Å²) < 4.78 is 13.4. The number of hydrogen-bond acceptors (Lipinski definition) is 2. The summed E-state index contributed by atoms with van der Waals surface area (Å²) in [5.41, 5.74) is 0.508. The largest absolute Gasteiger partial charge is 0.235 e. The first kappa shape index (κ1) is 10.6. The molecule has 0 spiro atoms. The third kappa shape index (κ3) is 2.06. The van der Waals surface area contributed by atoms with Crippen LogP contribution in [0.25, 0.3) is 0 Å². The topological polar surface area (TPSA) is 29.4 Å². The van der Waals surface area contributed by atoms with E-state index in [1.165, 1.54) is 12.1 Å². The van der Waals surface area contributed by atoms with Crippen molar-refractivity contribution in [3.63, 3.8) is 0 Å². The number of nitrogens with zero attached hydrogens (tertiary/aromatic N) is 1. The van der Waals surface area contributed by atoms with Crippen molar-refractivity contribution in [2.45, 2.75) is 26.3 Å². The summed E-state index contributed by atoms with van der Waals surface area (Å²) in [6, 6.07) is 4.75. The van der Waals surface area contributed by atoms with Gasteiger partial charge in [0.15, 0.2) is 0 Å². The predicted octanol–water partition coefficient (Wildman–Crippen LogP) is 2.71. The molecule has 0 aliphatic rings. The van der Waals surface area contributed by atoms with Gasteiger partial charge in [0.1, 0.15) is 5.82 Å². The van der Waals surface area contributed by atoms with Crippen molar-refractivity contribution in [2.24, 2.45) is 4.99 Å². The number of aliphatic imine (C=N–C) groups is 1. The molecule has 0 unspecified atom stereocenters. The highest BCUT2D eigenvalue weighted by Crippen LogP contribution is 2.27. The van der Waals surface area contributed by atoms with Gasteiger partial charge >= 0.3 is 0 Å². The molecule has 0 aliphatic carbocycles. The molecule has 0 amide bonds. The summed E-state index contributed by atoms with van der Waals surface area (Å²) in [6.07, 6.45) is 1.46. The van der Waals surface area contributed by atoms with Crippen LogP contribution >= 0.6 is 0 Å². The molecule has 0 N–H and O–H groups in total. The molecule has 1 aromatic carbocycles. The minimum atomic E-state index is -0.849. The standard InChI is InChI=1S/C11H12FNO/c1-8-4-5-10(12)9(6-8)11(2,3)13-7-14/h4-6H,1-3H3. The maximum absolute atomic E-state index is 13.4. The second-order valence-corrected chi connectivity index (χ2v) is 3.75. The van der Waals surface area contributed by atoms with Gasteiger partial charge in [0, 0.05) is 5.56 Å². The third-order valence-corrected chi connectivity index (χ3v) is 2.11. The maximum atomic E-state index is 13.4. The first-order valence-electron chi connectivity index (χ1n) is 4.33. The average molecular weight is 193 g/mol. The molecule has 1 rings (SSSR count). The van der Waals surface area contributed by atoms with Crippen LogP contribution in [0.3, 0.4) is 0 Å². The number of benzene rings is 1. The van der Waals surface area contributed by atoms with Gasteiger partial charge in [-0.1, -0.05) is 17.7 Å². The molecule has 0 fully saturated rings. The van der Waals surface area contributed by atoms with Crippen molar-refractivity contribution in [3.8, 4) is 0 Å². The van der Waals surface area contributed by atoms with Gasteiger partial charge in [-0.15, -0.1) is 0 Å². The maximum Gasteiger partial charge on any atom is 0.235 e. The monoisotopic (exact) mass is 193 g/mol. The van der Waals surface area contributed by atoms with E-state index in [0.717, 1.165) is 5.56 Å². The number of carbonyl (C=O) groups excluding carboxylic acids is 1. The molecule has 0 heterocycles. The number of rotatable bonds is 2. The summed E-state index contributed by atoms with van der Waals surface area (Å²) in [5.74, 6) is -0.348. The third-order valence-electron chi connectivity index (χ3n) is 2.11. The van der Waals surface area contributed by atoms with E-state index in [9.17, 15) is 9.18 Å². The lowest BCUT2D eigenvalue weighted by atomic mass is 9.93. The van der Waals surface area contributed by atoms with Gasteiger partial charge in [-0.05, 0) is 26.8 Å². The zero-order chi connectivity index (χ0) is 10.8. The Bertz CT molecular complexity index is 392. The minimum Gasteiger partial charge on any atom is -0.211 e. The molecular formula is C11H12FNO. The highest BCUT2D eigenvalue weighted by Gasteiger charge is 2.23. The fraction of sp³-hybridized carbons (Fsp3) is 0.364. The van der Waals surface area contributed by atoms with Crippen LogP contribution < -0.4 is 0 Å².